The number of nitrogens with one attached hydrogen (secondary N) is 2. The van der Waals surface area contributed by atoms with E-state index in [1.807, 2.05) is 53.4 Å². The Bertz CT molecular complexity index is 1120. The summed E-state index contributed by atoms with van der Waals surface area (Å²) in [5, 5.41) is 0. The van der Waals surface area contributed by atoms with Crippen molar-refractivity contribution in [1.82, 2.24) is 10.9 Å². The van der Waals surface area contributed by atoms with Gasteiger partial charge in [0.2, 0.25) is 5.91 Å². The molecule has 5 rings (SSSR count). The molecule has 1 amide bonds. The fourth-order valence-electron chi connectivity index (χ4n) is 4.98. The van der Waals surface area contributed by atoms with E-state index in [0.29, 0.717) is 11.5 Å². The summed E-state index contributed by atoms with van der Waals surface area (Å²) in [5.74, 6) is 1.37. The molecule has 0 aromatic heterocycles. The highest BCUT2D eigenvalue weighted by Crippen LogP contribution is 2.49. The molecule has 2 fully saturated rings. The van der Waals surface area contributed by atoms with E-state index in [-0.39, 0.29) is 30.0 Å². The van der Waals surface area contributed by atoms with Crippen molar-refractivity contribution < 1.29 is 14.3 Å². The topological polar surface area (TPSA) is 62.8 Å². The molecule has 32 heavy (non-hydrogen) atoms. The summed E-state index contributed by atoms with van der Waals surface area (Å²) in [7, 11) is 3.26. The largest absolute Gasteiger partial charge is 0.493 e. The van der Waals surface area contributed by atoms with Gasteiger partial charge in [0, 0.05) is 11.6 Å². The number of amides is 1. The van der Waals surface area contributed by atoms with E-state index in [4.69, 9.17) is 9.47 Å². The van der Waals surface area contributed by atoms with Crippen molar-refractivity contribution in [2.75, 3.05) is 19.1 Å². The molecule has 164 valence electrons. The molecule has 0 spiro atoms. The highest BCUT2D eigenvalue weighted by Gasteiger charge is 2.56. The number of carbonyl (C=O) groups is 1. The Morgan fingerprint density at radius 1 is 0.781 bits per heavy atom. The average molecular weight is 430 g/mol. The normalized spacial score (nSPS) is 24.5. The van der Waals surface area contributed by atoms with E-state index in [2.05, 4.69) is 42.0 Å². The van der Waals surface area contributed by atoms with E-state index in [1.54, 1.807) is 14.2 Å². The first-order valence-electron chi connectivity index (χ1n) is 10.8. The second-order valence-electron chi connectivity index (χ2n) is 8.34. The summed E-state index contributed by atoms with van der Waals surface area (Å²) in [6.45, 7) is 2.08. The Labute approximate surface area is 188 Å². The first-order valence-corrected chi connectivity index (χ1v) is 10.8. The minimum atomic E-state index is -0.334. The van der Waals surface area contributed by atoms with E-state index in [9.17, 15) is 4.79 Å². The lowest BCUT2D eigenvalue weighted by Gasteiger charge is -2.31. The number of hydrogen-bond acceptors (Lipinski definition) is 5. The fourth-order valence-corrected chi connectivity index (χ4v) is 4.98. The second-order valence-corrected chi connectivity index (χ2v) is 8.34. The highest BCUT2D eigenvalue weighted by atomic mass is 16.5. The van der Waals surface area contributed by atoms with Gasteiger partial charge >= 0.3 is 0 Å². The van der Waals surface area contributed by atoms with Gasteiger partial charge in [0.1, 0.15) is 6.04 Å². The summed E-state index contributed by atoms with van der Waals surface area (Å²) in [5.41, 5.74) is 10.9. The third kappa shape index (κ3) is 3.32. The smallest absolute Gasteiger partial charge is 0.246 e. The van der Waals surface area contributed by atoms with Gasteiger partial charge in [0.05, 0.1) is 26.3 Å². The number of carbonyl (C=O) groups excluding carboxylic acids is 1. The summed E-state index contributed by atoms with van der Waals surface area (Å²) < 4.78 is 11.0. The van der Waals surface area contributed by atoms with Gasteiger partial charge in [-0.15, -0.1) is 0 Å². The molecule has 2 aliphatic heterocycles. The van der Waals surface area contributed by atoms with Crippen LogP contribution in [0.1, 0.15) is 28.8 Å². The molecule has 4 atom stereocenters. The number of nitrogens with zero attached hydrogens (tertiary/aromatic N) is 1. The minimum absolute atomic E-state index is 0.0106. The standard InChI is InChI=1S/C26H27N3O3/c1-16-9-11-17(12-10-16)23-22-24(28-27-23)26(30)29(19-7-5-4-6-8-19)25(22)18-13-14-20(31-2)21(15-18)32-3/h4-15,22-25,27-28H,1-3H3. The third-order valence-corrected chi connectivity index (χ3v) is 6.53. The molecule has 4 unspecified atom stereocenters. The Morgan fingerprint density at radius 3 is 2.12 bits per heavy atom. The van der Waals surface area contributed by atoms with Crippen LogP contribution in [-0.2, 0) is 4.79 Å². The number of fused-ring (bicyclic) bond motifs is 1. The first-order chi connectivity index (χ1) is 15.6. The van der Waals surface area contributed by atoms with Crippen molar-refractivity contribution in [3.05, 3.63) is 89.5 Å². The van der Waals surface area contributed by atoms with Gasteiger partial charge in [0.15, 0.2) is 11.5 Å². The molecular formula is C26H27N3O3. The maximum absolute atomic E-state index is 13.6. The highest BCUT2D eigenvalue weighted by molar-refractivity contribution is 6.01. The molecule has 6 heteroatoms. The fraction of sp³-hybridized carbons (Fsp3) is 0.269. The number of hydrazine groups is 1. The molecule has 2 saturated heterocycles. The number of rotatable bonds is 5. The number of ether oxygens (including phenoxy) is 2. The van der Waals surface area contributed by atoms with E-state index < -0.39 is 0 Å². The van der Waals surface area contributed by atoms with Crippen LogP contribution in [0.5, 0.6) is 11.5 Å². The Hall–Kier alpha value is -3.35. The number of hydrogen-bond donors (Lipinski definition) is 2. The van der Waals surface area contributed by atoms with Gasteiger partial charge < -0.3 is 14.4 Å². The van der Waals surface area contributed by atoms with Gasteiger partial charge in [-0.2, -0.15) is 0 Å². The Kier molecular flexibility index (Phi) is 5.33. The number of anilines is 1. The third-order valence-electron chi connectivity index (χ3n) is 6.53. The Balaban J connectivity index is 1.64. The van der Waals surface area contributed by atoms with Crippen LogP contribution in [0.4, 0.5) is 5.69 Å². The molecule has 2 heterocycles. The van der Waals surface area contributed by atoms with Gasteiger partial charge in [-0.25, -0.2) is 10.9 Å². The maximum atomic E-state index is 13.6. The average Bonchev–Trinajstić information content (AvgIpc) is 3.38. The van der Waals surface area contributed by atoms with Crippen molar-refractivity contribution in [2.45, 2.75) is 25.0 Å². The zero-order valence-corrected chi connectivity index (χ0v) is 18.4. The summed E-state index contributed by atoms with van der Waals surface area (Å²) in [4.78, 5) is 15.6. The molecule has 0 bridgehead atoms. The zero-order chi connectivity index (χ0) is 22.2. The predicted molar refractivity (Wildman–Crippen MR) is 124 cm³/mol. The maximum Gasteiger partial charge on any atom is 0.246 e. The zero-order valence-electron chi connectivity index (χ0n) is 18.4. The molecule has 3 aromatic carbocycles. The van der Waals surface area contributed by atoms with Crippen LogP contribution >= 0.6 is 0 Å². The monoisotopic (exact) mass is 429 g/mol. The van der Waals surface area contributed by atoms with Crippen molar-refractivity contribution in [3.63, 3.8) is 0 Å². The lowest BCUT2D eigenvalue weighted by Crippen LogP contribution is -2.41. The van der Waals surface area contributed by atoms with Crippen LogP contribution in [0.3, 0.4) is 0 Å². The van der Waals surface area contributed by atoms with Crippen molar-refractivity contribution >= 4 is 11.6 Å². The van der Waals surface area contributed by atoms with Crippen molar-refractivity contribution in [2.24, 2.45) is 5.92 Å². The summed E-state index contributed by atoms with van der Waals surface area (Å²) >= 11 is 0. The second kappa shape index (κ2) is 8.30. The van der Waals surface area contributed by atoms with E-state index >= 15 is 0 Å². The van der Waals surface area contributed by atoms with Crippen LogP contribution in [0.2, 0.25) is 0 Å². The van der Waals surface area contributed by atoms with Gasteiger partial charge in [-0.1, -0.05) is 54.1 Å². The molecular weight excluding hydrogens is 402 g/mol. The minimum Gasteiger partial charge on any atom is -0.493 e. The molecule has 0 aliphatic carbocycles. The van der Waals surface area contributed by atoms with Crippen LogP contribution < -0.4 is 25.2 Å². The van der Waals surface area contributed by atoms with Crippen LogP contribution in [0.25, 0.3) is 0 Å². The number of para-hydroxylation sites is 1. The summed E-state index contributed by atoms with van der Waals surface area (Å²) in [6.07, 6.45) is 0. The predicted octanol–water partition coefficient (Wildman–Crippen LogP) is 3.93. The molecule has 2 N–H and O–H groups in total. The quantitative estimate of drug-likeness (QED) is 0.643. The van der Waals surface area contributed by atoms with Crippen LogP contribution in [-0.4, -0.2) is 26.2 Å². The van der Waals surface area contributed by atoms with Crippen molar-refractivity contribution in [1.29, 1.82) is 0 Å². The molecule has 6 nitrogen and oxygen atoms in total. The Morgan fingerprint density at radius 2 is 1.44 bits per heavy atom. The van der Waals surface area contributed by atoms with Crippen molar-refractivity contribution in [3.8, 4) is 11.5 Å². The number of benzene rings is 3. The lowest BCUT2D eigenvalue weighted by atomic mass is 9.83. The number of aryl methyl sites for hydroxylation is 1. The first kappa shape index (κ1) is 20.5. The molecule has 0 radical (unpaired) electrons. The van der Waals surface area contributed by atoms with Crippen LogP contribution in [0.15, 0.2) is 72.8 Å². The van der Waals surface area contributed by atoms with Gasteiger partial charge in [-0.05, 0) is 42.3 Å². The van der Waals surface area contributed by atoms with E-state index in [1.165, 1.54) is 5.56 Å². The van der Waals surface area contributed by atoms with Crippen LogP contribution in [0, 0.1) is 12.8 Å². The lowest BCUT2D eigenvalue weighted by molar-refractivity contribution is -0.119. The molecule has 0 saturated carbocycles. The molecule has 2 aliphatic rings. The summed E-state index contributed by atoms with van der Waals surface area (Å²) in [6, 6.07) is 23.8. The van der Waals surface area contributed by atoms with Gasteiger partial charge in [0.25, 0.3) is 0 Å². The van der Waals surface area contributed by atoms with E-state index in [0.717, 1.165) is 16.8 Å². The number of methoxy groups -OCH3 is 2. The SMILES string of the molecule is COc1ccc(C2C3C(NNC3c3ccc(C)cc3)C(=O)N2c2ccccc2)cc1OC. The van der Waals surface area contributed by atoms with Gasteiger partial charge in [-0.3, -0.25) is 4.79 Å². The molecule has 3 aromatic rings.